The van der Waals surface area contributed by atoms with Gasteiger partial charge in [0.2, 0.25) is 5.76 Å². The van der Waals surface area contributed by atoms with Crippen molar-refractivity contribution in [2.24, 2.45) is 0 Å². The first kappa shape index (κ1) is 20.3. The maximum atomic E-state index is 12.3. The van der Waals surface area contributed by atoms with Crippen molar-refractivity contribution in [2.45, 2.75) is 6.42 Å². The molecule has 0 aliphatic carbocycles. The first-order valence-electron chi connectivity index (χ1n) is 8.82. The number of methoxy groups -OCH3 is 1. The molecule has 0 aliphatic rings. The molecule has 0 radical (unpaired) electrons. The number of rotatable bonds is 7. The van der Waals surface area contributed by atoms with Crippen LogP contribution in [0.2, 0.25) is 0 Å². The fourth-order valence-electron chi connectivity index (χ4n) is 2.54. The van der Waals surface area contributed by atoms with E-state index in [-0.39, 0.29) is 11.8 Å². The van der Waals surface area contributed by atoms with Crippen molar-refractivity contribution in [1.82, 2.24) is 5.32 Å². The molecule has 0 bridgehead atoms. The first-order valence-corrected chi connectivity index (χ1v) is 9.22. The number of benzene rings is 2. The normalized spacial score (nSPS) is 10.3. The molecular formula is C21H20N2O5S. The molecule has 0 unspecified atom stereocenters. The minimum Gasteiger partial charge on any atom is -0.497 e. The highest BCUT2D eigenvalue weighted by molar-refractivity contribution is 7.82. The Balaban J connectivity index is 1.50. The van der Waals surface area contributed by atoms with Crippen molar-refractivity contribution in [1.29, 1.82) is 0 Å². The molecule has 29 heavy (non-hydrogen) atoms. The Labute approximate surface area is 173 Å². The number of urea groups is 1. The van der Waals surface area contributed by atoms with Crippen LogP contribution in [0.5, 0.6) is 11.5 Å². The van der Waals surface area contributed by atoms with E-state index in [4.69, 9.17) is 13.9 Å². The Morgan fingerprint density at radius 1 is 1.07 bits per heavy atom. The van der Waals surface area contributed by atoms with Gasteiger partial charge in [-0.3, -0.25) is 0 Å². The number of thiol groups is 1. The molecule has 150 valence electrons. The second-order valence-corrected chi connectivity index (χ2v) is 6.41. The number of carbonyl (C=O) groups excluding carboxylic acids is 2. The van der Waals surface area contributed by atoms with E-state index in [1.165, 1.54) is 16.6 Å². The molecule has 2 aromatic carbocycles. The monoisotopic (exact) mass is 412 g/mol. The lowest BCUT2D eigenvalue weighted by atomic mass is 10.1. The highest BCUT2D eigenvalue weighted by atomic mass is 32.1. The second-order valence-electron chi connectivity index (χ2n) is 6.01. The Bertz CT molecular complexity index is 957. The number of nitrogens with zero attached hydrogens (tertiary/aromatic N) is 1. The zero-order chi connectivity index (χ0) is 20.6. The number of furan rings is 1. The minimum atomic E-state index is -0.597. The lowest BCUT2D eigenvalue weighted by Gasteiger charge is -2.17. The maximum Gasteiger partial charge on any atom is 0.379 e. The van der Waals surface area contributed by atoms with Gasteiger partial charge in [-0.05, 0) is 60.5 Å². The fourth-order valence-corrected chi connectivity index (χ4v) is 2.75. The molecule has 3 rings (SSSR count). The summed E-state index contributed by atoms with van der Waals surface area (Å²) in [6.45, 7) is 0.446. The Hall–Kier alpha value is -3.39. The average molecular weight is 412 g/mol. The number of ether oxygens (including phenoxy) is 2. The van der Waals surface area contributed by atoms with Crippen LogP contribution in [-0.2, 0) is 6.42 Å². The van der Waals surface area contributed by atoms with E-state index in [2.05, 4.69) is 18.1 Å². The fraction of sp³-hybridized carbons (Fsp3) is 0.143. The third-order valence-electron chi connectivity index (χ3n) is 4.03. The van der Waals surface area contributed by atoms with Gasteiger partial charge in [-0.2, -0.15) is 0 Å². The van der Waals surface area contributed by atoms with Crippen molar-refractivity contribution in [3.63, 3.8) is 0 Å². The number of carbonyl (C=O) groups is 2. The third kappa shape index (κ3) is 5.55. The van der Waals surface area contributed by atoms with Crippen LogP contribution in [0.3, 0.4) is 0 Å². The number of amides is 2. The van der Waals surface area contributed by atoms with E-state index in [0.29, 0.717) is 24.4 Å². The molecule has 1 heterocycles. The zero-order valence-electron chi connectivity index (χ0n) is 15.7. The van der Waals surface area contributed by atoms with Gasteiger partial charge in [-0.25, -0.2) is 13.9 Å². The molecular weight excluding hydrogens is 392 g/mol. The zero-order valence-corrected chi connectivity index (χ0v) is 16.6. The van der Waals surface area contributed by atoms with Crippen molar-refractivity contribution in [2.75, 3.05) is 18.0 Å². The second kappa shape index (κ2) is 9.70. The quantitative estimate of drug-likeness (QED) is 0.347. The molecule has 0 saturated heterocycles. The summed E-state index contributed by atoms with van der Waals surface area (Å²) in [6, 6.07) is 16.8. The van der Waals surface area contributed by atoms with Crippen LogP contribution in [0.1, 0.15) is 16.1 Å². The molecule has 8 heteroatoms. The van der Waals surface area contributed by atoms with Crippen LogP contribution in [0.25, 0.3) is 0 Å². The van der Waals surface area contributed by atoms with E-state index in [1.54, 1.807) is 37.4 Å². The Morgan fingerprint density at radius 3 is 2.55 bits per heavy atom. The predicted molar refractivity (Wildman–Crippen MR) is 112 cm³/mol. The Morgan fingerprint density at radius 2 is 1.86 bits per heavy atom. The number of hydrogen-bond acceptors (Lipinski definition) is 6. The Kier molecular flexibility index (Phi) is 6.80. The van der Waals surface area contributed by atoms with Gasteiger partial charge in [0.15, 0.2) is 0 Å². The van der Waals surface area contributed by atoms with Crippen LogP contribution in [-0.4, -0.2) is 25.7 Å². The van der Waals surface area contributed by atoms with Crippen LogP contribution in [0.4, 0.5) is 10.5 Å². The van der Waals surface area contributed by atoms with Gasteiger partial charge in [0.05, 0.1) is 19.1 Å². The lowest BCUT2D eigenvalue weighted by molar-refractivity contribution is 0.0701. The maximum absolute atomic E-state index is 12.3. The molecule has 1 aromatic heterocycles. The number of hydrogen-bond donors (Lipinski definition) is 2. The van der Waals surface area contributed by atoms with Crippen molar-refractivity contribution in [3.8, 4) is 11.5 Å². The van der Waals surface area contributed by atoms with Gasteiger partial charge in [-0.15, -0.1) is 0 Å². The number of anilines is 1. The molecule has 3 aromatic rings. The summed E-state index contributed by atoms with van der Waals surface area (Å²) in [7, 11) is 1.61. The van der Waals surface area contributed by atoms with Crippen molar-refractivity contribution >= 4 is 30.5 Å². The largest absolute Gasteiger partial charge is 0.497 e. The van der Waals surface area contributed by atoms with Gasteiger partial charge in [0.25, 0.3) is 0 Å². The summed E-state index contributed by atoms with van der Waals surface area (Å²) < 4.78 is 16.6. The predicted octanol–water partition coefficient (Wildman–Crippen LogP) is 4.11. The average Bonchev–Trinajstić information content (AvgIpc) is 3.29. The summed E-state index contributed by atoms with van der Waals surface area (Å²) in [5.74, 6) is 0.619. The van der Waals surface area contributed by atoms with E-state index in [9.17, 15) is 9.59 Å². The molecule has 0 aliphatic heterocycles. The van der Waals surface area contributed by atoms with Gasteiger partial charge in [-0.1, -0.05) is 24.9 Å². The molecule has 2 amide bonds. The highest BCUT2D eigenvalue weighted by Crippen LogP contribution is 2.22. The third-order valence-corrected chi connectivity index (χ3v) is 4.44. The van der Waals surface area contributed by atoms with Crippen LogP contribution < -0.4 is 19.1 Å². The first-order chi connectivity index (χ1) is 14.1. The van der Waals surface area contributed by atoms with E-state index >= 15 is 0 Å². The van der Waals surface area contributed by atoms with Crippen molar-refractivity contribution < 1.29 is 23.5 Å². The van der Waals surface area contributed by atoms with Crippen LogP contribution in [0, 0.1) is 0 Å². The SMILES string of the molecule is COc1cccc(CCNC(=O)N(S)c2ccc(OC(=O)c3ccco3)cc2)c1. The standard InChI is InChI=1S/C21H20N2O5S/c1-26-18-5-2-4-15(14-18)11-12-22-21(25)23(29)16-7-9-17(10-8-16)28-20(24)19-6-3-13-27-19/h2-10,13-14,29H,11-12H2,1H3,(H,22,25). The van der Waals surface area contributed by atoms with Crippen molar-refractivity contribution in [3.05, 3.63) is 78.3 Å². The minimum absolute atomic E-state index is 0.111. The van der Waals surface area contributed by atoms with Gasteiger partial charge in [0, 0.05) is 6.54 Å². The highest BCUT2D eigenvalue weighted by Gasteiger charge is 2.14. The molecule has 0 spiro atoms. The summed E-state index contributed by atoms with van der Waals surface area (Å²) >= 11 is 4.24. The summed E-state index contributed by atoms with van der Waals surface area (Å²) in [6.07, 6.45) is 2.05. The lowest BCUT2D eigenvalue weighted by Crippen LogP contribution is -2.35. The topological polar surface area (TPSA) is 81.0 Å². The summed E-state index contributed by atoms with van der Waals surface area (Å²) in [4.78, 5) is 24.2. The van der Waals surface area contributed by atoms with Gasteiger partial charge >= 0.3 is 12.0 Å². The molecule has 1 N–H and O–H groups in total. The van der Waals surface area contributed by atoms with E-state index in [1.807, 2.05) is 24.3 Å². The summed E-state index contributed by atoms with van der Waals surface area (Å²) in [5, 5.41) is 2.80. The smallest absolute Gasteiger partial charge is 0.379 e. The summed E-state index contributed by atoms with van der Waals surface area (Å²) in [5.41, 5.74) is 1.59. The number of nitrogens with one attached hydrogen (secondary N) is 1. The molecule has 0 atom stereocenters. The molecule has 0 fully saturated rings. The van der Waals surface area contributed by atoms with E-state index < -0.39 is 5.97 Å². The van der Waals surface area contributed by atoms with Gasteiger partial charge < -0.3 is 19.2 Å². The van der Waals surface area contributed by atoms with E-state index in [0.717, 1.165) is 11.3 Å². The number of esters is 1. The van der Waals surface area contributed by atoms with Crippen LogP contribution in [0.15, 0.2) is 71.3 Å². The van der Waals surface area contributed by atoms with Crippen LogP contribution >= 0.6 is 12.8 Å². The van der Waals surface area contributed by atoms with Gasteiger partial charge in [0.1, 0.15) is 11.5 Å². The molecule has 0 saturated carbocycles. The molecule has 7 nitrogen and oxygen atoms in total.